The lowest BCUT2D eigenvalue weighted by Crippen LogP contribution is -2.62. The molecule has 0 aromatic rings. The van der Waals surface area contributed by atoms with Gasteiger partial charge in [0.15, 0.2) is 0 Å². The van der Waals surface area contributed by atoms with Gasteiger partial charge in [0, 0.05) is 6.42 Å². The molecule has 0 radical (unpaired) electrons. The van der Waals surface area contributed by atoms with E-state index in [1.165, 1.54) is 109 Å². The minimum Gasteiger partial charge on any atom is -0.394 e. The highest BCUT2D eigenvalue weighted by Gasteiger charge is 2.70. The molecule has 6 unspecified atom stereocenters. The smallest absolute Gasteiger partial charge is 0.332 e. The van der Waals surface area contributed by atoms with Gasteiger partial charge in [-0.2, -0.15) is 0 Å². The Labute approximate surface area is 320 Å². The first kappa shape index (κ1) is 43.2. The average Bonchev–Trinajstić information content (AvgIpc) is 3.64. The Bertz CT molecular complexity index is 1140. The van der Waals surface area contributed by atoms with Crippen LogP contribution in [0.5, 0.6) is 0 Å². The maximum atomic E-state index is 13.9. The first-order valence-corrected chi connectivity index (χ1v) is 24.5. The minimum atomic E-state index is -4.45. The van der Waals surface area contributed by atoms with Crippen molar-refractivity contribution >= 4 is 7.60 Å². The van der Waals surface area contributed by atoms with Crippen molar-refractivity contribution in [2.45, 2.75) is 231 Å². The lowest BCUT2D eigenvalue weighted by molar-refractivity contribution is -0.129. The molecule has 0 aromatic carbocycles. The van der Waals surface area contributed by atoms with Crippen molar-refractivity contribution in [3.8, 4) is 0 Å². The van der Waals surface area contributed by atoms with Gasteiger partial charge in [0.25, 0.3) is 0 Å². The van der Waals surface area contributed by atoms with Crippen LogP contribution < -0.4 is 0 Å². The van der Waals surface area contributed by atoms with E-state index in [4.69, 9.17) is 4.74 Å². The van der Waals surface area contributed by atoms with E-state index in [1.54, 1.807) is 0 Å². The van der Waals surface area contributed by atoms with Crippen LogP contribution in [0.25, 0.3) is 0 Å². The van der Waals surface area contributed by atoms with E-state index in [-0.39, 0.29) is 24.0 Å². The third-order valence-corrected chi connectivity index (χ3v) is 19.1. The molecule has 0 spiro atoms. The lowest BCUT2D eigenvalue weighted by atomic mass is 9.43. The summed E-state index contributed by atoms with van der Waals surface area (Å²) in [5.74, 6) is 3.13. The predicted octanol–water partition coefficient (Wildman–Crippen LogP) is 11.8. The van der Waals surface area contributed by atoms with Crippen molar-refractivity contribution in [1.82, 2.24) is 0 Å². The first-order chi connectivity index (χ1) is 24.8. The number of fused-ring (bicyclic) bond motifs is 5. The fourth-order valence-electron chi connectivity index (χ4n) is 14.1. The van der Waals surface area contributed by atoms with Crippen LogP contribution in [0.2, 0.25) is 0 Å². The molecule has 304 valence electrons. The molecule has 6 nitrogen and oxygen atoms in total. The Hall–Kier alpha value is 0.0300. The highest BCUT2D eigenvalue weighted by Crippen LogP contribution is 2.77. The second-order valence-corrected chi connectivity index (χ2v) is 21.8. The molecule has 7 heteroatoms. The van der Waals surface area contributed by atoms with Gasteiger partial charge in [-0.3, -0.25) is 4.57 Å². The van der Waals surface area contributed by atoms with Crippen LogP contribution in [0.15, 0.2) is 0 Å². The molecule has 5 fully saturated rings. The number of unbranched alkanes of at least 4 members (excludes halogenated alkanes) is 13. The second-order valence-electron chi connectivity index (χ2n) is 19.9. The maximum absolute atomic E-state index is 13.9. The second kappa shape index (κ2) is 18.5. The molecule has 0 aromatic heterocycles. The monoisotopic (exact) mass is 751 g/mol. The van der Waals surface area contributed by atoms with Crippen LogP contribution in [0.1, 0.15) is 208 Å². The van der Waals surface area contributed by atoms with E-state index in [0.717, 1.165) is 50.4 Å². The van der Waals surface area contributed by atoms with Crippen LogP contribution in [-0.2, 0) is 9.30 Å². The van der Waals surface area contributed by atoms with Gasteiger partial charge in [0.1, 0.15) is 6.10 Å². The van der Waals surface area contributed by atoms with Crippen LogP contribution >= 0.6 is 7.60 Å². The number of hydrogen-bond donors (Lipinski definition) is 4. The minimum absolute atomic E-state index is 0.00345. The summed E-state index contributed by atoms with van der Waals surface area (Å²) >= 11 is 0. The SMILES string of the molecule is CCCCCCCCCCCCCCCC[C@]1(O)CC(C2CC[C@]3(C)C4CC[C@@]5(C)C(CC[C@@H]5[C@H](C)CCC)C4CCC3(P(=O)(O)O)C2)O[C@@H]1CO. The van der Waals surface area contributed by atoms with Crippen molar-refractivity contribution in [2.75, 3.05) is 6.61 Å². The topological polar surface area (TPSA) is 107 Å². The number of aliphatic hydroxyl groups is 2. The lowest BCUT2D eigenvalue weighted by Gasteiger charge is -2.66. The maximum Gasteiger partial charge on any atom is 0.332 e. The summed E-state index contributed by atoms with van der Waals surface area (Å²) in [4.78, 5) is 22.7. The van der Waals surface area contributed by atoms with E-state index in [1.807, 2.05) is 0 Å². The highest BCUT2D eigenvalue weighted by atomic mass is 31.2. The predicted molar refractivity (Wildman–Crippen MR) is 214 cm³/mol. The molecule has 0 amide bonds. The van der Waals surface area contributed by atoms with E-state index < -0.39 is 24.5 Å². The fraction of sp³-hybridized carbons (Fsp3) is 1.00. The zero-order chi connectivity index (χ0) is 37.6. The summed E-state index contributed by atoms with van der Waals surface area (Å²) in [5.41, 5.74) is -1.09. The zero-order valence-electron chi connectivity index (χ0n) is 34.5. The summed E-state index contributed by atoms with van der Waals surface area (Å²) in [7, 11) is -4.45. The molecule has 4 aliphatic carbocycles. The molecule has 4 N–H and O–H groups in total. The number of aliphatic hydroxyl groups excluding tert-OH is 1. The summed E-state index contributed by atoms with van der Waals surface area (Å²) in [5, 5.41) is 21.2. The molecule has 4 saturated carbocycles. The standard InChI is InChI=1S/C45H83O6P/c1-6-8-9-10-11-12-13-14-15-16-17-18-19-20-27-44(47)32-40(51-41(44)33-46)35-24-29-43(5)39-26-28-42(4)37(34(3)21-7-2)22-23-38(42)36(39)25-30-45(43,31-35)52(48,49)50/h34-41,46-47H,6-33H2,1-5H3,(H2,48,49,50)/t34-,35?,36?,37-,38?,39?,40?,41-,42-,43-,44+,45?/m1/s1. The number of hydrogen-bond acceptors (Lipinski definition) is 4. The fourth-order valence-corrected chi connectivity index (χ4v) is 15.9. The third-order valence-electron chi connectivity index (χ3n) is 17.1. The van der Waals surface area contributed by atoms with Crippen LogP contribution in [0, 0.1) is 46.3 Å². The number of ether oxygens (including phenoxy) is 1. The van der Waals surface area contributed by atoms with E-state index in [0.29, 0.717) is 48.9 Å². The molecule has 5 aliphatic rings. The molecular weight excluding hydrogens is 667 g/mol. The van der Waals surface area contributed by atoms with Gasteiger partial charge in [0.2, 0.25) is 0 Å². The summed E-state index contributed by atoms with van der Waals surface area (Å²) in [6, 6.07) is 0. The molecule has 1 saturated heterocycles. The molecule has 0 bridgehead atoms. The van der Waals surface area contributed by atoms with Crippen molar-refractivity contribution in [3.63, 3.8) is 0 Å². The van der Waals surface area contributed by atoms with E-state index >= 15 is 0 Å². The van der Waals surface area contributed by atoms with Gasteiger partial charge in [-0.15, -0.1) is 0 Å². The van der Waals surface area contributed by atoms with E-state index in [2.05, 4.69) is 34.6 Å². The van der Waals surface area contributed by atoms with Gasteiger partial charge >= 0.3 is 7.60 Å². The normalized spacial score (nSPS) is 41.1. The van der Waals surface area contributed by atoms with Gasteiger partial charge < -0.3 is 24.7 Å². The Balaban J connectivity index is 1.13. The first-order valence-electron chi connectivity index (χ1n) is 22.8. The Morgan fingerprint density at radius 2 is 1.35 bits per heavy atom. The third kappa shape index (κ3) is 8.78. The van der Waals surface area contributed by atoms with Gasteiger partial charge in [-0.25, -0.2) is 0 Å². The summed E-state index contributed by atoms with van der Waals surface area (Å²) in [6.45, 7) is 11.7. The van der Waals surface area contributed by atoms with Gasteiger partial charge in [-0.05, 0) is 111 Å². The van der Waals surface area contributed by atoms with Crippen molar-refractivity contribution in [3.05, 3.63) is 0 Å². The van der Waals surface area contributed by atoms with Gasteiger partial charge in [0.05, 0.1) is 23.5 Å². The average molecular weight is 751 g/mol. The molecule has 5 rings (SSSR count). The molecule has 12 atom stereocenters. The van der Waals surface area contributed by atoms with Crippen molar-refractivity contribution < 1.29 is 29.3 Å². The van der Waals surface area contributed by atoms with Crippen molar-refractivity contribution in [2.24, 2.45) is 46.3 Å². The molecule has 1 heterocycles. The Morgan fingerprint density at radius 1 is 0.731 bits per heavy atom. The van der Waals surface area contributed by atoms with Crippen LogP contribution in [0.4, 0.5) is 0 Å². The van der Waals surface area contributed by atoms with Crippen LogP contribution in [-0.4, -0.2) is 49.6 Å². The van der Waals surface area contributed by atoms with Crippen molar-refractivity contribution in [1.29, 1.82) is 0 Å². The highest BCUT2D eigenvalue weighted by molar-refractivity contribution is 7.53. The summed E-state index contributed by atoms with van der Waals surface area (Å²) in [6.07, 6.45) is 29.5. The summed E-state index contributed by atoms with van der Waals surface area (Å²) < 4.78 is 20.3. The number of rotatable bonds is 21. The Kier molecular flexibility index (Phi) is 15.4. The van der Waals surface area contributed by atoms with E-state index in [9.17, 15) is 24.6 Å². The quantitative estimate of drug-likeness (QED) is 0.0687. The van der Waals surface area contributed by atoms with Gasteiger partial charge in [-0.1, -0.05) is 137 Å². The molecular formula is C45H83O6P. The molecule has 52 heavy (non-hydrogen) atoms. The Morgan fingerprint density at radius 3 is 1.92 bits per heavy atom. The molecule has 1 aliphatic heterocycles. The zero-order valence-corrected chi connectivity index (χ0v) is 35.4. The largest absolute Gasteiger partial charge is 0.394 e. The van der Waals surface area contributed by atoms with Crippen LogP contribution in [0.3, 0.4) is 0 Å².